The standard InChI is InChI=1S/C9H18N4O/c1-13(2)6-7-4-3-5-8(7)11-12-9(10)14/h7H,3-6H2,1-2H3,(H3,10,12,14)/b11-8-. The predicted molar refractivity (Wildman–Crippen MR) is 56.0 cm³/mol. The summed E-state index contributed by atoms with van der Waals surface area (Å²) in [4.78, 5) is 12.6. The number of carbonyl (C=O) groups is 1. The van der Waals surface area contributed by atoms with Gasteiger partial charge in [-0.25, -0.2) is 10.2 Å². The molecule has 0 spiro atoms. The van der Waals surface area contributed by atoms with Crippen LogP contribution in [0.4, 0.5) is 4.79 Å². The van der Waals surface area contributed by atoms with Crippen LogP contribution in [0.1, 0.15) is 19.3 Å². The molecule has 1 aliphatic rings. The van der Waals surface area contributed by atoms with Gasteiger partial charge in [-0.15, -0.1) is 0 Å². The van der Waals surface area contributed by atoms with E-state index in [1.807, 2.05) is 14.1 Å². The molecular weight excluding hydrogens is 180 g/mol. The van der Waals surface area contributed by atoms with Crippen LogP contribution in [0, 0.1) is 5.92 Å². The van der Waals surface area contributed by atoms with Crippen molar-refractivity contribution in [2.24, 2.45) is 16.8 Å². The first-order chi connectivity index (χ1) is 6.59. The summed E-state index contributed by atoms with van der Waals surface area (Å²) in [6, 6.07) is -0.590. The first kappa shape index (κ1) is 11.0. The summed E-state index contributed by atoms with van der Waals surface area (Å²) in [6.07, 6.45) is 3.27. The molecule has 3 N–H and O–H groups in total. The molecule has 5 nitrogen and oxygen atoms in total. The molecule has 0 bridgehead atoms. The Kier molecular flexibility index (Phi) is 3.88. The predicted octanol–water partition coefficient (Wildman–Crippen LogP) is 0.372. The van der Waals surface area contributed by atoms with E-state index in [1.54, 1.807) is 0 Å². The summed E-state index contributed by atoms with van der Waals surface area (Å²) < 4.78 is 0. The van der Waals surface area contributed by atoms with Crippen molar-refractivity contribution < 1.29 is 4.79 Å². The van der Waals surface area contributed by atoms with E-state index in [0.717, 1.165) is 31.5 Å². The molecule has 1 fully saturated rings. The molecule has 0 aromatic carbocycles. The van der Waals surface area contributed by atoms with Gasteiger partial charge in [0.25, 0.3) is 0 Å². The Morgan fingerprint density at radius 1 is 1.71 bits per heavy atom. The van der Waals surface area contributed by atoms with Crippen molar-refractivity contribution in [3.63, 3.8) is 0 Å². The van der Waals surface area contributed by atoms with Crippen molar-refractivity contribution in [2.45, 2.75) is 19.3 Å². The highest BCUT2D eigenvalue weighted by Crippen LogP contribution is 2.22. The Labute approximate surface area is 84.3 Å². The van der Waals surface area contributed by atoms with Crippen LogP contribution in [0.15, 0.2) is 5.10 Å². The molecule has 0 aliphatic heterocycles. The number of carbonyl (C=O) groups excluding carboxylic acids is 1. The molecule has 1 rings (SSSR count). The molecule has 80 valence electrons. The molecule has 14 heavy (non-hydrogen) atoms. The van der Waals surface area contributed by atoms with Gasteiger partial charge in [0.05, 0.1) is 0 Å². The zero-order chi connectivity index (χ0) is 10.6. The molecule has 0 aromatic heterocycles. The van der Waals surface area contributed by atoms with Crippen molar-refractivity contribution in [3.05, 3.63) is 0 Å². The third kappa shape index (κ3) is 3.33. The maximum atomic E-state index is 10.5. The largest absolute Gasteiger partial charge is 0.350 e. The monoisotopic (exact) mass is 198 g/mol. The Bertz CT molecular complexity index is 237. The zero-order valence-electron chi connectivity index (χ0n) is 8.79. The van der Waals surface area contributed by atoms with Gasteiger partial charge >= 0.3 is 6.03 Å². The van der Waals surface area contributed by atoms with E-state index >= 15 is 0 Å². The van der Waals surface area contributed by atoms with Crippen molar-refractivity contribution in [3.8, 4) is 0 Å². The molecule has 1 saturated carbocycles. The van der Waals surface area contributed by atoms with E-state index in [-0.39, 0.29) is 0 Å². The maximum Gasteiger partial charge on any atom is 0.332 e. The third-order valence-electron chi connectivity index (χ3n) is 2.35. The number of nitrogens with one attached hydrogen (secondary N) is 1. The third-order valence-corrected chi connectivity index (χ3v) is 2.35. The van der Waals surface area contributed by atoms with Gasteiger partial charge in [0.15, 0.2) is 0 Å². The van der Waals surface area contributed by atoms with E-state index in [2.05, 4.69) is 15.4 Å². The Hall–Kier alpha value is -1.10. The first-order valence-corrected chi connectivity index (χ1v) is 4.86. The second-order valence-electron chi connectivity index (χ2n) is 3.93. The van der Waals surface area contributed by atoms with Crippen LogP contribution in [0.5, 0.6) is 0 Å². The van der Waals surface area contributed by atoms with Gasteiger partial charge in [-0.1, -0.05) is 0 Å². The normalized spacial score (nSPS) is 24.5. The highest BCUT2D eigenvalue weighted by Gasteiger charge is 2.23. The number of hydrogen-bond acceptors (Lipinski definition) is 3. The number of urea groups is 1. The van der Waals surface area contributed by atoms with Crippen molar-refractivity contribution in [1.29, 1.82) is 0 Å². The van der Waals surface area contributed by atoms with Crippen LogP contribution >= 0.6 is 0 Å². The van der Waals surface area contributed by atoms with Crippen LogP contribution in [-0.4, -0.2) is 37.3 Å². The number of nitrogens with zero attached hydrogens (tertiary/aromatic N) is 2. The Morgan fingerprint density at radius 3 is 3.00 bits per heavy atom. The van der Waals surface area contributed by atoms with Gasteiger partial charge in [-0.2, -0.15) is 5.10 Å². The molecule has 0 saturated heterocycles. The molecule has 2 amide bonds. The zero-order valence-corrected chi connectivity index (χ0v) is 8.79. The van der Waals surface area contributed by atoms with Crippen molar-refractivity contribution >= 4 is 11.7 Å². The number of amides is 2. The second kappa shape index (κ2) is 4.95. The molecule has 1 unspecified atom stereocenters. The fourth-order valence-corrected chi connectivity index (χ4v) is 1.81. The van der Waals surface area contributed by atoms with Crippen LogP contribution < -0.4 is 11.2 Å². The van der Waals surface area contributed by atoms with Gasteiger partial charge in [0.1, 0.15) is 0 Å². The number of hydrogen-bond donors (Lipinski definition) is 2. The molecule has 1 atom stereocenters. The highest BCUT2D eigenvalue weighted by molar-refractivity contribution is 5.89. The topological polar surface area (TPSA) is 70.7 Å². The van der Waals surface area contributed by atoms with Gasteiger partial charge in [0, 0.05) is 18.2 Å². The summed E-state index contributed by atoms with van der Waals surface area (Å²) >= 11 is 0. The molecular formula is C9H18N4O. The van der Waals surface area contributed by atoms with Crippen molar-refractivity contribution in [1.82, 2.24) is 10.3 Å². The van der Waals surface area contributed by atoms with Crippen LogP contribution in [0.2, 0.25) is 0 Å². The van der Waals surface area contributed by atoms with E-state index in [0.29, 0.717) is 5.92 Å². The number of rotatable bonds is 3. The van der Waals surface area contributed by atoms with Gasteiger partial charge in [-0.05, 0) is 33.4 Å². The summed E-state index contributed by atoms with van der Waals surface area (Å²) in [5.41, 5.74) is 8.32. The van der Waals surface area contributed by atoms with Crippen LogP contribution in [0.25, 0.3) is 0 Å². The summed E-state index contributed by atoms with van der Waals surface area (Å²) in [5, 5.41) is 4.02. The lowest BCUT2D eigenvalue weighted by Crippen LogP contribution is -2.29. The van der Waals surface area contributed by atoms with Crippen molar-refractivity contribution in [2.75, 3.05) is 20.6 Å². The number of hydrazone groups is 1. The average molecular weight is 198 g/mol. The van der Waals surface area contributed by atoms with E-state index < -0.39 is 6.03 Å². The minimum atomic E-state index is -0.590. The molecule has 0 heterocycles. The highest BCUT2D eigenvalue weighted by atomic mass is 16.2. The lowest BCUT2D eigenvalue weighted by Gasteiger charge is -2.16. The lowest BCUT2D eigenvalue weighted by atomic mass is 10.1. The minimum absolute atomic E-state index is 0.469. The smallest absolute Gasteiger partial charge is 0.332 e. The molecule has 5 heteroatoms. The first-order valence-electron chi connectivity index (χ1n) is 4.86. The average Bonchev–Trinajstić information content (AvgIpc) is 2.47. The van der Waals surface area contributed by atoms with Gasteiger partial charge in [-0.3, -0.25) is 0 Å². The Balaban J connectivity index is 2.50. The Morgan fingerprint density at radius 2 is 2.43 bits per heavy atom. The summed E-state index contributed by atoms with van der Waals surface area (Å²) in [7, 11) is 4.08. The van der Waals surface area contributed by atoms with Gasteiger partial charge < -0.3 is 10.6 Å². The lowest BCUT2D eigenvalue weighted by molar-refractivity contribution is 0.249. The number of nitrogens with two attached hydrogens (primary N) is 1. The summed E-state index contributed by atoms with van der Waals surface area (Å²) in [5.74, 6) is 0.469. The maximum absolute atomic E-state index is 10.5. The second-order valence-corrected chi connectivity index (χ2v) is 3.93. The molecule has 0 radical (unpaired) electrons. The van der Waals surface area contributed by atoms with E-state index in [4.69, 9.17) is 5.73 Å². The van der Waals surface area contributed by atoms with Crippen LogP contribution in [0.3, 0.4) is 0 Å². The number of primary amides is 1. The SMILES string of the molecule is CN(C)CC1CCC/C1=N/NC(N)=O. The fraction of sp³-hybridized carbons (Fsp3) is 0.778. The van der Waals surface area contributed by atoms with Gasteiger partial charge in [0.2, 0.25) is 0 Å². The van der Waals surface area contributed by atoms with Crippen LogP contribution in [-0.2, 0) is 0 Å². The van der Waals surface area contributed by atoms with E-state index in [1.165, 1.54) is 0 Å². The quantitative estimate of drug-likeness (QED) is 0.643. The molecule has 1 aliphatic carbocycles. The summed E-state index contributed by atoms with van der Waals surface area (Å²) in [6.45, 7) is 0.985. The fourth-order valence-electron chi connectivity index (χ4n) is 1.81. The van der Waals surface area contributed by atoms with E-state index in [9.17, 15) is 4.79 Å². The minimum Gasteiger partial charge on any atom is -0.350 e. The molecule has 0 aromatic rings.